The van der Waals surface area contributed by atoms with Crippen LogP contribution in [0.5, 0.6) is 5.75 Å². The molecule has 216 valence electrons. The molecule has 0 radical (unpaired) electrons. The van der Waals surface area contributed by atoms with E-state index >= 15 is 0 Å². The normalized spacial score (nSPS) is 12.9. The van der Waals surface area contributed by atoms with Crippen molar-refractivity contribution < 1.29 is 14.3 Å². The van der Waals surface area contributed by atoms with E-state index in [1.807, 2.05) is 86.6 Å². The van der Waals surface area contributed by atoms with Crippen molar-refractivity contribution in [2.45, 2.75) is 13.8 Å². The molecule has 1 aliphatic heterocycles. The molecule has 8 nitrogen and oxygen atoms in total. The summed E-state index contributed by atoms with van der Waals surface area (Å²) in [6, 6.07) is 33.3. The molecule has 6 rings (SSSR count). The van der Waals surface area contributed by atoms with Crippen LogP contribution in [0.15, 0.2) is 109 Å². The van der Waals surface area contributed by atoms with Crippen LogP contribution in [0.3, 0.4) is 0 Å². The molecule has 0 unspecified atom stereocenters. The lowest BCUT2D eigenvalue weighted by Gasteiger charge is -2.28. The van der Waals surface area contributed by atoms with E-state index in [2.05, 4.69) is 27.3 Å². The standard InChI is InChI=1S/C35H33N5O3/c1-25-7-6-8-26(2)33(25)40(35(41)43-31-17-11-28(12-18-31)27-9-4-3-5-10-27)32-19-20-36-34(38-32)37-29-13-15-30(16-14-29)39-21-23-42-24-22-39/h3-20H,21-24H2,1-2H3,(H,36,37,38). The number of hydrogen-bond donors (Lipinski definition) is 1. The largest absolute Gasteiger partial charge is 0.425 e. The Morgan fingerprint density at radius 3 is 2.19 bits per heavy atom. The molecule has 2 heterocycles. The van der Waals surface area contributed by atoms with E-state index in [0.29, 0.717) is 23.2 Å². The molecule has 43 heavy (non-hydrogen) atoms. The minimum atomic E-state index is -0.565. The maximum Gasteiger partial charge on any atom is 0.425 e. The van der Waals surface area contributed by atoms with Crippen LogP contribution in [0.25, 0.3) is 11.1 Å². The summed E-state index contributed by atoms with van der Waals surface area (Å²) in [7, 11) is 0. The van der Waals surface area contributed by atoms with Gasteiger partial charge in [0.05, 0.1) is 18.9 Å². The van der Waals surface area contributed by atoms with Crippen LogP contribution in [-0.4, -0.2) is 42.4 Å². The maximum absolute atomic E-state index is 13.8. The smallest absolute Gasteiger partial charge is 0.410 e. The lowest BCUT2D eigenvalue weighted by Crippen LogP contribution is -2.36. The van der Waals surface area contributed by atoms with Crippen molar-refractivity contribution in [2.75, 3.05) is 41.4 Å². The van der Waals surface area contributed by atoms with Gasteiger partial charge in [-0.05, 0) is 72.5 Å². The Balaban J connectivity index is 1.26. The van der Waals surface area contributed by atoms with E-state index in [1.54, 1.807) is 24.4 Å². The van der Waals surface area contributed by atoms with Gasteiger partial charge < -0.3 is 19.7 Å². The summed E-state index contributed by atoms with van der Waals surface area (Å²) in [5.74, 6) is 1.20. The molecule has 0 aliphatic carbocycles. The van der Waals surface area contributed by atoms with Crippen LogP contribution >= 0.6 is 0 Å². The third kappa shape index (κ3) is 6.50. The number of nitrogens with one attached hydrogen (secondary N) is 1. The molecule has 0 saturated carbocycles. The van der Waals surface area contributed by atoms with E-state index in [9.17, 15) is 4.79 Å². The second-order valence-corrected chi connectivity index (χ2v) is 10.3. The minimum absolute atomic E-state index is 0.368. The van der Waals surface area contributed by atoms with Gasteiger partial charge in [-0.25, -0.2) is 14.7 Å². The highest BCUT2D eigenvalue weighted by Crippen LogP contribution is 2.33. The quantitative estimate of drug-likeness (QED) is 0.215. The van der Waals surface area contributed by atoms with Crippen molar-refractivity contribution in [1.29, 1.82) is 0 Å². The van der Waals surface area contributed by atoms with E-state index < -0.39 is 6.09 Å². The van der Waals surface area contributed by atoms with Crippen molar-refractivity contribution >= 4 is 34.9 Å². The van der Waals surface area contributed by atoms with Crippen LogP contribution in [0, 0.1) is 13.8 Å². The van der Waals surface area contributed by atoms with E-state index in [1.165, 1.54) is 4.90 Å². The molecule has 0 bridgehead atoms. The van der Waals surface area contributed by atoms with E-state index in [-0.39, 0.29) is 0 Å². The highest BCUT2D eigenvalue weighted by atomic mass is 16.6. The molecule has 1 fully saturated rings. The van der Waals surface area contributed by atoms with Gasteiger partial charge in [0, 0.05) is 36.7 Å². The lowest BCUT2D eigenvalue weighted by atomic mass is 10.1. The van der Waals surface area contributed by atoms with Gasteiger partial charge in [0.25, 0.3) is 0 Å². The fourth-order valence-electron chi connectivity index (χ4n) is 5.19. The Morgan fingerprint density at radius 2 is 1.49 bits per heavy atom. The fourth-order valence-corrected chi connectivity index (χ4v) is 5.19. The molecule has 4 aromatic carbocycles. The Morgan fingerprint density at radius 1 is 0.814 bits per heavy atom. The molecule has 1 amide bonds. The number of anilines is 5. The van der Waals surface area contributed by atoms with Crippen molar-refractivity contribution in [3.63, 3.8) is 0 Å². The zero-order valence-corrected chi connectivity index (χ0v) is 24.2. The first-order valence-electron chi connectivity index (χ1n) is 14.3. The number of benzene rings is 4. The summed E-state index contributed by atoms with van der Waals surface area (Å²) in [5.41, 5.74) is 6.67. The topological polar surface area (TPSA) is 79.8 Å². The Bertz CT molecular complexity index is 1670. The van der Waals surface area contributed by atoms with Crippen LogP contribution in [0.2, 0.25) is 0 Å². The number of carbonyl (C=O) groups excluding carboxylic acids is 1. The van der Waals surface area contributed by atoms with Crippen molar-refractivity contribution in [1.82, 2.24) is 9.97 Å². The van der Waals surface area contributed by atoms with Crippen molar-refractivity contribution in [2.24, 2.45) is 0 Å². The number of amides is 1. The average molecular weight is 572 g/mol. The monoisotopic (exact) mass is 571 g/mol. The predicted molar refractivity (Wildman–Crippen MR) is 171 cm³/mol. The zero-order valence-electron chi connectivity index (χ0n) is 24.2. The Labute approximate surface area is 251 Å². The summed E-state index contributed by atoms with van der Waals surface area (Å²) in [6.45, 7) is 7.15. The van der Waals surface area contributed by atoms with E-state index in [4.69, 9.17) is 14.5 Å². The minimum Gasteiger partial charge on any atom is -0.410 e. The summed E-state index contributed by atoms with van der Waals surface area (Å²) < 4.78 is 11.4. The van der Waals surface area contributed by atoms with Gasteiger partial charge >= 0.3 is 6.09 Å². The average Bonchev–Trinajstić information content (AvgIpc) is 3.04. The fraction of sp³-hybridized carbons (Fsp3) is 0.171. The molecule has 5 aromatic rings. The first kappa shape index (κ1) is 27.9. The number of aryl methyl sites for hydroxylation is 2. The second kappa shape index (κ2) is 12.8. The van der Waals surface area contributed by atoms with Crippen LogP contribution in [0.4, 0.5) is 33.6 Å². The molecule has 8 heteroatoms. The first-order valence-corrected chi connectivity index (χ1v) is 14.3. The first-order chi connectivity index (χ1) is 21.0. The molecule has 1 aromatic heterocycles. The predicted octanol–water partition coefficient (Wildman–Crippen LogP) is 7.68. The second-order valence-electron chi connectivity index (χ2n) is 10.3. The molecule has 0 spiro atoms. The SMILES string of the molecule is Cc1cccc(C)c1N(C(=O)Oc1ccc(-c2ccccc2)cc1)c1ccnc(Nc2ccc(N3CCOCC3)cc2)n1. The number of nitrogens with zero attached hydrogens (tertiary/aromatic N) is 4. The Kier molecular flexibility index (Phi) is 8.28. The van der Waals surface area contributed by atoms with Crippen molar-refractivity contribution in [3.05, 3.63) is 120 Å². The van der Waals surface area contributed by atoms with Crippen LogP contribution in [-0.2, 0) is 4.74 Å². The number of rotatable bonds is 7. The van der Waals surface area contributed by atoms with Crippen LogP contribution in [0.1, 0.15) is 11.1 Å². The number of morpholine rings is 1. The number of para-hydroxylation sites is 1. The number of aromatic nitrogens is 2. The summed E-state index contributed by atoms with van der Waals surface area (Å²) >= 11 is 0. The highest BCUT2D eigenvalue weighted by Gasteiger charge is 2.25. The lowest BCUT2D eigenvalue weighted by molar-refractivity contribution is 0.122. The van der Waals surface area contributed by atoms with Gasteiger partial charge in [0.15, 0.2) is 0 Å². The van der Waals surface area contributed by atoms with Gasteiger partial charge in [-0.15, -0.1) is 0 Å². The van der Waals surface area contributed by atoms with Gasteiger partial charge in [-0.3, -0.25) is 0 Å². The van der Waals surface area contributed by atoms with Crippen LogP contribution < -0.4 is 19.9 Å². The number of ether oxygens (including phenoxy) is 2. The number of carbonyl (C=O) groups is 1. The van der Waals surface area contributed by atoms with E-state index in [0.717, 1.165) is 59.9 Å². The highest BCUT2D eigenvalue weighted by molar-refractivity contribution is 5.98. The molecule has 1 aliphatic rings. The zero-order chi connectivity index (χ0) is 29.6. The molecule has 1 N–H and O–H groups in total. The molecular weight excluding hydrogens is 538 g/mol. The summed E-state index contributed by atoms with van der Waals surface area (Å²) in [6.07, 6.45) is 1.07. The maximum atomic E-state index is 13.8. The van der Waals surface area contributed by atoms with Crippen molar-refractivity contribution in [3.8, 4) is 16.9 Å². The van der Waals surface area contributed by atoms with Gasteiger partial charge in [-0.1, -0.05) is 60.7 Å². The van der Waals surface area contributed by atoms with Gasteiger partial charge in [-0.2, -0.15) is 4.98 Å². The van der Waals surface area contributed by atoms with Gasteiger partial charge in [0.2, 0.25) is 5.95 Å². The molecule has 1 saturated heterocycles. The summed E-state index contributed by atoms with van der Waals surface area (Å²) in [4.78, 5) is 26.8. The third-order valence-electron chi connectivity index (χ3n) is 7.38. The Hall–Kier alpha value is -5.21. The number of hydrogen-bond acceptors (Lipinski definition) is 7. The molecule has 0 atom stereocenters. The van der Waals surface area contributed by atoms with Gasteiger partial charge in [0.1, 0.15) is 11.6 Å². The third-order valence-corrected chi connectivity index (χ3v) is 7.38. The molecular formula is C35H33N5O3. The summed E-state index contributed by atoms with van der Waals surface area (Å²) in [5, 5.41) is 3.28.